The minimum Gasteiger partial charge on any atom is -0.497 e. The largest absolute Gasteiger partial charge is 0.497 e. The molecule has 0 aliphatic rings. The van der Waals surface area contributed by atoms with Crippen molar-refractivity contribution in [1.82, 2.24) is 9.36 Å². The first-order valence-electron chi connectivity index (χ1n) is 7.37. The van der Waals surface area contributed by atoms with Crippen molar-refractivity contribution in [2.24, 2.45) is 0 Å². The molecule has 0 fully saturated rings. The third-order valence-corrected chi connectivity index (χ3v) is 3.91. The van der Waals surface area contributed by atoms with Gasteiger partial charge in [-0.15, -0.1) is 0 Å². The number of anilines is 1. The lowest BCUT2D eigenvalue weighted by molar-refractivity contribution is -0.111. The maximum absolute atomic E-state index is 12.8. The quantitative estimate of drug-likeness (QED) is 0.703. The summed E-state index contributed by atoms with van der Waals surface area (Å²) in [5.74, 6) is 0.569. The molecule has 3 rings (SSSR count). The van der Waals surface area contributed by atoms with Gasteiger partial charge in [-0.1, -0.05) is 24.3 Å². The summed E-state index contributed by atoms with van der Waals surface area (Å²) in [5, 5.41) is 3.05. The van der Waals surface area contributed by atoms with Crippen LogP contribution < -0.4 is 10.1 Å². The Morgan fingerprint density at radius 3 is 2.80 bits per heavy atom. The Balaban J connectivity index is 1.66. The molecule has 126 valence electrons. The Labute approximate surface area is 148 Å². The number of ether oxygens (including phenoxy) is 1. The summed E-state index contributed by atoms with van der Waals surface area (Å²) in [6, 6.07) is 13.2. The topological polar surface area (TPSA) is 64.1 Å². The van der Waals surface area contributed by atoms with Gasteiger partial charge in [0.25, 0.3) is 0 Å². The smallest absolute Gasteiger partial charge is 0.250 e. The number of methoxy groups -OCH3 is 1. The molecule has 0 radical (unpaired) electrons. The Kier molecular flexibility index (Phi) is 5.15. The molecule has 25 heavy (non-hydrogen) atoms. The monoisotopic (exact) mass is 355 g/mol. The lowest BCUT2D eigenvalue weighted by atomic mass is 10.2. The summed E-state index contributed by atoms with van der Waals surface area (Å²) < 4.78 is 22.2. The number of rotatable bonds is 5. The predicted octanol–water partition coefficient (Wildman–Crippen LogP) is 4.00. The first-order chi connectivity index (χ1) is 12.1. The SMILES string of the molecule is COc1cccc(-c2nsc(NC(=O)/C=C/c3ccc(F)cc3)n2)c1. The van der Waals surface area contributed by atoms with Gasteiger partial charge in [-0.05, 0) is 35.9 Å². The van der Waals surface area contributed by atoms with Gasteiger partial charge in [0.1, 0.15) is 11.6 Å². The van der Waals surface area contributed by atoms with Crippen molar-refractivity contribution in [1.29, 1.82) is 0 Å². The molecule has 5 nitrogen and oxygen atoms in total. The molecule has 0 atom stereocenters. The van der Waals surface area contributed by atoms with Crippen LogP contribution in [-0.4, -0.2) is 22.4 Å². The number of aromatic nitrogens is 2. The van der Waals surface area contributed by atoms with Crippen LogP contribution >= 0.6 is 11.5 Å². The molecule has 2 aromatic carbocycles. The van der Waals surface area contributed by atoms with Gasteiger partial charge in [0.05, 0.1) is 7.11 Å². The average molecular weight is 355 g/mol. The van der Waals surface area contributed by atoms with Crippen LogP contribution in [0.5, 0.6) is 5.75 Å². The van der Waals surface area contributed by atoms with E-state index in [1.807, 2.05) is 24.3 Å². The van der Waals surface area contributed by atoms with E-state index in [0.29, 0.717) is 16.7 Å². The maximum Gasteiger partial charge on any atom is 0.250 e. The van der Waals surface area contributed by atoms with Gasteiger partial charge in [0.2, 0.25) is 11.0 Å². The van der Waals surface area contributed by atoms with Crippen LogP contribution in [0.1, 0.15) is 5.56 Å². The van der Waals surface area contributed by atoms with E-state index in [2.05, 4.69) is 14.7 Å². The molecule has 1 aromatic heterocycles. The zero-order valence-corrected chi connectivity index (χ0v) is 14.1. The molecule has 0 saturated heterocycles. The second-order valence-electron chi connectivity index (χ2n) is 5.03. The number of hydrogen-bond acceptors (Lipinski definition) is 5. The van der Waals surface area contributed by atoms with Gasteiger partial charge in [0, 0.05) is 23.2 Å². The highest BCUT2D eigenvalue weighted by Gasteiger charge is 2.09. The number of nitrogens with zero attached hydrogens (tertiary/aromatic N) is 2. The molecule has 0 spiro atoms. The lowest BCUT2D eigenvalue weighted by Gasteiger charge is -2.00. The average Bonchev–Trinajstić information content (AvgIpc) is 3.10. The summed E-state index contributed by atoms with van der Waals surface area (Å²) in [5.41, 5.74) is 1.53. The highest BCUT2D eigenvalue weighted by atomic mass is 32.1. The first kappa shape index (κ1) is 16.8. The van der Waals surface area contributed by atoms with Gasteiger partial charge in [-0.3, -0.25) is 10.1 Å². The van der Waals surface area contributed by atoms with E-state index in [9.17, 15) is 9.18 Å². The molecule has 7 heteroatoms. The zero-order valence-electron chi connectivity index (χ0n) is 13.3. The second-order valence-corrected chi connectivity index (χ2v) is 5.78. The van der Waals surface area contributed by atoms with E-state index in [4.69, 9.17) is 4.74 Å². The van der Waals surface area contributed by atoms with Crippen molar-refractivity contribution in [2.45, 2.75) is 0 Å². The summed E-state index contributed by atoms with van der Waals surface area (Å²) in [7, 11) is 1.59. The van der Waals surface area contributed by atoms with Crippen molar-refractivity contribution in [3.05, 3.63) is 66.0 Å². The van der Waals surface area contributed by atoms with Crippen LogP contribution in [0.2, 0.25) is 0 Å². The molecule has 0 unspecified atom stereocenters. The fourth-order valence-electron chi connectivity index (χ4n) is 2.05. The molecule has 0 saturated carbocycles. The minimum absolute atomic E-state index is 0.319. The molecular weight excluding hydrogens is 341 g/mol. The predicted molar refractivity (Wildman–Crippen MR) is 96.0 cm³/mol. The lowest BCUT2D eigenvalue weighted by Crippen LogP contribution is -2.07. The standard InChI is InChI=1S/C18H14FN3O2S/c1-24-15-4-2-3-13(11-15)17-21-18(25-22-17)20-16(23)10-7-12-5-8-14(19)9-6-12/h2-11H,1H3,(H,20,21,22,23)/b10-7+. The molecule has 3 aromatic rings. The van der Waals surface area contributed by atoms with Crippen LogP contribution in [0, 0.1) is 5.82 Å². The third-order valence-electron chi connectivity index (χ3n) is 3.28. The van der Waals surface area contributed by atoms with E-state index in [0.717, 1.165) is 22.7 Å². The normalized spacial score (nSPS) is 10.8. The number of amides is 1. The summed E-state index contributed by atoms with van der Waals surface area (Å²) in [6.07, 6.45) is 2.96. The highest BCUT2D eigenvalue weighted by Crippen LogP contribution is 2.24. The summed E-state index contributed by atoms with van der Waals surface area (Å²) in [4.78, 5) is 16.2. The van der Waals surface area contributed by atoms with Crippen LogP contribution in [0.25, 0.3) is 17.5 Å². The van der Waals surface area contributed by atoms with E-state index < -0.39 is 0 Å². The van der Waals surface area contributed by atoms with E-state index in [-0.39, 0.29) is 11.7 Å². The number of halogens is 1. The van der Waals surface area contributed by atoms with Gasteiger partial charge in [-0.2, -0.15) is 9.36 Å². The molecule has 1 heterocycles. The second kappa shape index (κ2) is 7.67. The molecule has 0 aliphatic carbocycles. The number of hydrogen-bond donors (Lipinski definition) is 1. The molecule has 0 aliphatic heterocycles. The molecule has 1 amide bonds. The Bertz CT molecular complexity index is 907. The Hall–Kier alpha value is -3.06. The molecular formula is C18H14FN3O2S. The van der Waals surface area contributed by atoms with Gasteiger partial charge >= 0.3 is 0 Å². The summed E-state index contributed by atoms with van der Waals surface area (Å²) >= 11 is 1.09. The molecule has 0 bridgehead atoms. The fraction of sp³-hybridized carbons (Fsp3) is 0.0556. The molecule has 1 N–H and O–H groups in total. The van der Waals surface area contributed by atoms with Crippen LogP contribution in [-0.2, 0) is 4.79 Å². The van der Waals surface area contributed by atoms with Crippen molar-refractivity contribution in [2.75, 3.05) is 12.4 Å². The number of carbonyl (C=O) groups excluding carboxylic acids is 1. The van der Waals surface area contributed by atoms with E-state index in [1.54, 1.807) is 25.3 Å². The Morgan fingerprint density at radius 2 is 2.04 bits per heavy atom. The van der Waals surface area contributed by atoms with Crippen molar-refractivity contribution in [3.63, 3.8) is 0 Å². The van der Waals surface area contributed by atoms with Crippen molar-refractivity contribution < 1.29 is 13.9 Å². The summed E-state index contributed by atoms with van der Waals surface area (Å²) in [6.45, 7) is 0. The van der Waals surface area contributed by atoms with Gasteiger partial charge in [0.15, 0.2) is 5.82 Å². The number of nitrogens with one attached hydrogen (secondary N) is 1. The zero-order chi connectivity index (χ0) is 17.6. The minimum atomic E-state index is -0.335. The van der Waals surface area contributed by atoms with Gasteiger partial charge in [-0.25, -0.2) is 4.39 Å². The Morgan fingerprint density at radius 1 is 1.24 bits per heavy atom. The maximum atomic E-state index is 12.8. The fourth-order valence-corrected chi connectivity index (χ4v) is 2.64. The third kappa shape index (κ3) is 4.48. The van der Waals surface area contributed by atoms with Crippen LogP contribution in [0.4, 0.5) is 9.52 Å². The van der Waals surface area contributed by atoms with E-state index in [1.165, 1.54) is 18.2 Å². The van der Waals surface area contributed by atoms with Gasteiger partial charge < -0.3 is 4.74 Å². The van der Waals surface area contributed by atoms with Crippen molar-refractivity contribution >= 4 is 28.6 Å². The van der Waals surface area contributed by atoms with E-state index >= 15 is 0 Å². The van der Waals surface area contributed by atoms with Crippen LogP contribution in [0.3, 0.4) is 0 Å². The highest BCUT2D eigenvalue weighted by molar-refractivity contribution is 7.10. The number of carbonyl (C=O) groups is 1. The first-order valence-corrected chi connectivity index (χ1v) is 8.14. The van der Waals surface area contributed by atoms with Crippen molar-refractivity contribution in [3.8, 4) is 17.1 Å². The van der Waals surface area contributed by atoms with Crippen LogP contribution in [0.15, 0.2) is 54.6 Å². The number of benzene rings is 2.